The second-order valence-corrected chi connectivity index (χ2v) is 5.27. The molecular weight excluding hydrogens is 230 g/mol. The standard InChI is InChI=1S/C18H15N/c1-19-12-18-11-10-13(14-6-2-4-8-16(14)18)15-7-3-5-9-17(15)18/h2-13H,1H3. The summed E-state index contributed by atoms with van der Waals surface area (Å²) in [6.07, 6.45) is 6.72. The Labute approximate surface area is 113 Å². The van der Waals surface area contributed by atoms with Gasteiger partial charge in [-0.1, -0.05) is 60.7 Å². The molecule has 0 unspecified atom stereocenters. The molecule has 0 amide bonds. The summed E-state index contributed by atoms with van der Waals surface area (Å²) in [7, 11) is 1.86. The van der Waals surface area contributed by atoms with Crippen molar-refractivity contribution in [3.05, 3.63) is 82.9 Å². The molecule has 1 heteroatoms. The van der Waals surface area contributed by atoms with E-state index in [0.717, 1.165) is 0 Å². The maximum absolute atomic E-state index is 4.35. The number of benzene rings is 2. The molecule has 0 radical (unpaired) electrons. The lowest BCUT2D eigenvalue weighted by Crippen LogP contribution is -2.37. The molecule has 2 bridgehead atoms. The van der Waals surface area contributed by atoms with Gasteiger partial charge >= 0.3 is 0 Å². The zero-order valence-corrected chi connectivity index (χ0v) is 10.9. The van der Waals surface area contributed by atoms with Crippen molar-refractivity contribution in [1.29, 1.82) is 0 Å². The molecule has 0 saturated carbocycles. The molecule has 0 spiro atoms. The van der Waals surface area contributed by atoms with Gasteiger partial charge in [0.05, 0.1) is 5.41 Å². The molecule has 2 aromatic rings. The summed E-state index contributed by atoms with van der Waals surface area (Å²) in [5.41, 5.74) is 5.43. The predicted octanol–water partition coefficient (Wildman–Crippen LogP) is 3.69. The van der Waals surface area contributed by atoms with Gasteiger partial charge in [0, 0.05) is 19.2 Å². The number of allylic oxidation sites excluding steroid dienone is 2. The van der Waals surface area contributed by atoms with Gasteiger partial charge in [0.1, 0.15) is 0 Å². The maximum Gasteiger partial charge on any atom is 0.0736 e. The fourth-order valence-electron chi connectivity index (χ4n) is 3.62. The Bertz CT molecular complexity index is 662. The van der Waals surface area contributed by atoms with Gasteiger partial charge in [-0.2, -0.15) is 0 Å². The quantitative estimate of drug-likeness (QED) is 0.537. The lowest BCUT2D eigenvalue weighted by atomic mass is 9.59. The van der Waals surface area contributed by atoms with E-state index in [2.05, 4.69) is 71.9 Å². The van der Waals surface area contributed by atoms with Gasteiger partial charge in [-0.05, 0) is 22.3 Å². The van der Waals surface area contributed by atoms with E-state index in [-0.39, 0.29) is 5.41 Å². The van der Waals surface area contributed by atoms with Crippen LogP contribution in [0.25, 0.3) is 0 Å². The minimum absolute atomic E-state index is 0.170. The lowest BCUT2D eigenvalue weighted by Gasteiger charge is -2.43. The largest absolute Gasteiger partial charge is 0.299 e. The molecule has 19 heavy (non-hydrogen) atoms. The molecule has 92 valence electrons. The van der Waals surface area contributed by atoms with Crippen LogP contribution in [0.3, 0.4) is 0 Å². The molecule has 5 rings (SSSR count). The summed E-state index contributed by atoms with van der Waals surface area (Å²) < 4.78 is 0. The van der Waals surface area contributed by atoms with Crippen LogP contribution in [-0.2, 0) is 5.41 Å². The van der Waals surface area contributed by atoms with Crippen molar-refractivity contribution >= 4 is 6.21 Å². The molecule has 3 aliphatic rings. The Morgan fingerprint density at radius 1 is 0.947 bits per heavy atom. The summed E-state index contributed by atoms with van der Waals surface area (Å²) in [6, 6.07) is 17.5. The van der Waals surface area contributed by atoms with Crippen LogP contribution >= 0.6 is 0 Å². The third-order valence-corrected chi connectivity index (χ3v) is 4.37. The summed E-state index contributed by atoms with van der Waals surface area (Å²) >= 11 is 0. The van der Waals surface area contributed by atoms with Crippen LogP contribution in [0.15, 0.2) is 65.7 Å². The zero-order chi connectivity index (χ0) is 12.9. The van der Waals surface area contributed by atoms with Crippen LogP contribution in [0.1, 0.15) is 28.2 Å². The van der Waals surface area contributed by atoms with Crippen LogP contribution in [-0.4, -0.2) is 13.3 Å². The van der Waals surface area contributed by atoms with Crippen LogP contribution in [0.4, 0.5) is 0 Å². The maximum atomic E-state index is 4.35. The van der Waals surface area contributed by atoms with Crippen LogP contribution in [0.5, 0.6) is 0 Å². The summed E-state index contributed by atoms with van der Waals surface area (Å²) in [5.74, 6) is 0.402. The second kappa shape index (κ2) is 3.67. The predicted molar refractivity (Wildman–Crippen MR) is 79.1 cm³/mol. The van der Waals surface area contributed by atoms with E-state index >= 15 is 0 Å². The van der Waals surface area contributed by atoms with E-state index in [9.17, 15) is 0 Å². The second-order valence-electron chi connectivity index (χ2n) is 5.27. The van der Waals surface area contributed by atoms with Crippen molar-refractivity contribution in [2.45, 2.75) is 11.3 Å². The zero-order valence-electron chi connectivity index (χ0n) is 10.9. The highest BCUT2D eigenvalue weighted by Gasteiger charge is 2.43. The minimum Gasteiger partial charge on any atom is -0.299 e. The average molecular weight is 245 g/mol. The van der Waals surface area contributed by atoms with E-state index in [0.29, 0.717) is 5.92 Å². The normalized spacial score (nSPS) is 26.5. The van der Waals surface area contributed by atoms with Gasteiger partial charge in [-0.25, -0.2) is 0 Å². The number of aliphatic imine (C=N–C) groups is 1. The van der Waals surface area contributed by atoms with Gasteiger partial charge in [-0.3, -0.25) is 4.99 Å². The van der Waals surface area contributed by atoms with Crippen molar-refractivity contribution < 1.29 is 0 Å². The van der Waals surface area contributed by atoms with Crippen LogP contribution in [0.2, 0.25) is 0 Å². The van der Waals surface area contributed by atoms with Gasteiger partial charge in [-0.15, -0.1) is 0 Å². The van der Waals surface area contributed by atoms with Crippen molar-refractivity contribution in [3.63, 3.8) is 0 Å². The molecule has 0 fully saturated rings. The highest BCUT2D eigenvalue weighted by atomic mass is 14.7. The first-order valence-electron chi connectivity index (χ1n) is 6.68. The molecule has 0 heterocycles. The van der Waals surface area contributed by atoms with E-state index in [1.54, 1.807) is 0 Å². The first-order valence-corrected chi connectivity index (χ1v) is 6.68. The molecule has 2 aromatic carbocycles. The Hall–Kier alpha value is -2.15. The van der Waals surface area contributed by atoms with E-state index < -0.39 is 0 Å². The Morgan fingerprint density at radius 3 is 2.11 bits per heavy atom. The van der Waals surface area contributed by atoms with E-state index in [1.807, 2.05) is 7.05 Å². The average Bonchev–Trinajstić information content (AvgIpc) is 2.49. The van der Waals surface area contributed by atoms with Crippen molar-refractivity contribution in [3.8, 4) is 0 Å². The van der Waals surface area contributed by atoms with Crippen LogP contribution < -0.4 is 0 Å². The summed E-state index contributed by atoms with van der Waals surface area (Å²) in [4.78, 5) is 4.35. The highest BCUT2D eigenvalue weighted by molar-refractivity contribution is 5.87. The van der Waals surface area contributed by atoms with Crippen molar-refractivity contribution in [2.75, 3.05) is 7.05 Å². The summed E-state index contributed by atoms with van der Waals surface area (Å²) in [6.45, 7) is 0. The molecule has 0 saturated heterocycles. The number of nitrogens with zero attached hydrogens (tertiary/aromatic N) is 1. The molecule has 0 atom stereocenters. The third kappa shape index (κ3) is 1.22. The fourth-order valence-corrected chi connectivity index (χ4v) is 3.62. The van der Waals surface area contributed by atoms with Crippen molar-refractivity contribution in [2.24, 2.45) is 4.99 Å². The first-order chi connectivity index (χ1) is 9.37. The van der Waals surface area contributed by atoms with E-state index in [4.69, 9.17) is 0 Å². The smallest absolute Gasteiger partial charge is 0.0736 e. The first kappa shape index (κ1) is 10.7. The highest BCUT2D eigenvalue weighted by Crippen LogP contribution is 2.51. The third-order valence-electron chi connectivity index (χ3n) is 4.37. The van der Waals surface area contributed by atoms with Gasteiger partial charge in [0.15, 0.2) is 0 Å². The molecular formula is C18H15N. The monoisotopic (exact) mass is 245 g/mol. The minimum atomic E-state index is -0.170. The SMILES string of the molecule is CN=CC12C=CC(c3ccccc31)c1ccccc12. The topological polar surface area (TPSA) is 12.4 Å². The van der Waals surface area contributed by atoms with Gasteiger partial charge < -0.3 is 0 Å². The Morgan fingerprint density at radius 2 is 1.53 bits per heavy atom. The molecule has 3 aliphatic carbocycles. The van der Waals surface area contributed by atoms with Crippen LogP contribution in [0, 0.1) is 0 Å². The van der Waals surface area contributed by atoms with E-state index in [1.165, 1.54) is 22.3 Å². The van der Waals surface area contributed by atoms with Gasteiger partial charge in [0.2, 0.25) is 0 Å². The fraction of sp³-hybridized carbons (Fsp3) is 0.167. The van der Waals surface area contributed by atoms with Gasteiger partial charge in [0.25, 0.3) is 0 Å². The Kier molecular flexibility index (Phi) is 2.08. The molecule has 0 N–H and O–H groups in total. The number of hydrogen-bond acceptors (Lipinski definition) is 1. The molecule has 1 nitrogen and oxygen atoms in total. The number of hydrogen-bond donors (Lipinski definition) is 0. The molecule has 0 aliphatic heterocycles. The summed E-state index contributed by atoms with van der Waals surface area (Å²) in [5, 5.41) is 0. The molecule has 0 aromatic heterocycles. The number of rotatable bonds is 1. The lowest BCUT2D eigenvalue weighted by molar-refractivity contribution is 0.739. The Balaban J connectivity index is 2.13. The van der Waals surface area contributed by atoms with Crippen molar-refractivity contribution in [1.82, 2.24) is 0 Å².